The minimum absolute atomic E-state index is 0.113. The van der Waals surface area contributed by atoms with E-state index in [1.165, 1.54) is 17.1 Å². The van der Waals surface area contributed by atoms with Gasteiger partial charge in [-0.25, -0.2) is 9.40 Å². The van der Waals surface area contributed by atoms with Crippen LogP contribution in [0, 0.1) is 5.82 Å². The lowest BCUT2D eigenvalue weighted by Crippen LogP contribution is -2.36. The number of hydrogen-bond donors (Lipinski definition) is 1. The summed E-state index contributed by atoms with van der Waals surface area (Å²) in [5, 5.41) is 1.31. The summed E-state index contributed by atoms with van der Waals surface area (Å²) >= 11 is 0. The van der Waals surface area contributed by atoms with Crippen LogP contribution in [0.25, 0.3) is 0 Å². The Morgan fingerprint density at radius 2 is 2.15 bits per heavy atom. The zero-order chi connectivity index (χ0) is 14.5. The fourth-order valence-corrected chi connectivity index (χ4v) is 2.19. The molecule has 0 amide bonds. The summed E-state index contributed by atoms with van der Waals surface area (Å²) in [4.78, 5) is 14.0. The second-order valence-electron chi connectivity index (χ2n) is 5.03. The number of nitrogens with zero attached hydrogens (tertiary/aromatic N) is 2. The Kier molecular flexibility index (Phi) is 5.19. The molecule has 110 valence electrons. The van der Waals surface area contributed by atoms with E-state index >= 15 is 0 Å². The average molecular weight is 281 g/mol. The van der Waals surface area contributed by atoms with E-state index in [1.807, 2.05) is 0 Å². The second kappa shape index (κ2) is 6.90. The molecule has 0 saturated carbocycles. The highest BCUT2D eigenvalue weighted by molar-refractivity contribution is 5.97. The molecular formula is C14H20FN3O2. The van der Waals surface area contributed by atoms with Crippen LogP contribution >= 0.6 is 0 Å². The number of ketones is 1. The third kappa shape index (κ3) is 4.08. The molecule has 1 heterocycles. The van der Waals surface area contributed by atoms with Gasteiger partial charge in [0.2, 0.25) is 0 Å². The van der Waals surface area contributed by atoms with Gasteiger partial charge in [0.15, 0.2) is 5.78 Å². The number of likely N-dealkylation sites (N-methyl/N-ethyl adjacent to an activating group) is 1. The van der Waals surface area contributed by atoms with E-state index < -0.39 is 0 Å². The van der Waals surface area contributed by atoms with E-state index in [-0.39, 0.29) is 18.1 Å². The largest absolute Gasteiger partial charge is 0.379 e. The summed E-state index contributed by atoms with van der Waals surface area (Å²) in [5.74, 6) is 5.07. The normalized spacial score (nSPS) is 16.6. The Labute approximate surface area is 118 Å². The van der Waals surface area contributed by atoms with Crippen molar-refractivity contribution in [3.63, 3.8) is 0 Å². The molecule has 1 saturated heterocycles. The highest BCUT2D eigenvalue weighted by atomic mass is 19.1. The molecule has 2 rings (SSSR count). The zero-order valence-corrected chi connectivity index (χ0v) is 11.6. The number of morpholine rings is 1. The van der Waals surface area contributed by atoms with Gasteiger partial charge in [0.25, 0.3) is 0 Å². The van der Waals surface area contributed by atoms with E-state index in [0.29, 0.717) is 30.9 Å². The van der Waals surface area contributed by atoms with E-state index in [4.69, 9.17) is 10.6 Å². The lowest BCUT2D eigenvalue weighted by Gasteiger charge is -2.26. The fourth-order valence-electron chi connectivity index (χ4n) is 2.19. The van der Waals surface area contributed by atoms with Crippen molar-refractivity contribution in [2.24, 2.45) is 5.84 Å². The van der Waals surface area contributed by atoms with Crippen LogP contribution in [0.5, 0.6) is 0 Å². The van der Waals surface area contributed by atoms with Crippen LogP contribution in [0.4, 0.5) is 4.39 Å². The van der Waals surface area contributed by atoms with Gasteiger partial charge in [0.05, 0.1) is 19.8 Å². The molecule has 1 aromatic rings. The number of benzene rings is 1. The Balaban J connectivity index is 2.09. The molecule has 5 nitrogen and oxygen atoms in total. The van der Waals surface area contributed by atoms with Crippen molar-refractivity contribution < 1.29 is 13.9 Å². The number of Topliss-reactive ketones (excluding diaryl/α,β-unsaturated/α-hetero) is 1. The van der Waals surface area contributed by atoms with Gasteiger partial charge >= 0.3 is 0 Å². The van der Waals surface area contributed by atoms with Gasteiger partial charge in [-0.05, 0) is 18.2 Å². The molecule has 0 bridgehead atoms. The van der Waals surface area contributed by atoms with E-state index in [9.17, 15) is 9.18 Å². The summed E-state index contributed by atoms with van der Waals surface area (Å²) < 4.78 is 19.1. The van der Waals surface area contributed by atoms with Crippen molar-refractivity contribution in [3.8, 4) is 0 Å². The quantitative estimate of drug-likeness (QED) is 0.488. The van der Waals surface area contributed by atoms with Gasteiger partial charge < -0.3 is 4.74 Å². The highest BCUT2D eigenvalue weighted by Crippen LogP contribution is 2.15. The summed E-state index contributed by atoms with van der Waals surface area (Å²) in [7, 11) is 1.62. The number of ether oxygens (including phenoxy) is 1. The Morgan fingerprint density at radius 3 is 2.80 bits per heavy atom. The first-order valence-corrected chi connectivity index (χ1v) is 6.64. The third-order valence-corrected chi connectivity index (χ3v) is 3.26. The maximum Gasteiger partial charge on any atom is 0.178 e. The number of hydrazine groups is 1. The lowest BCUT2D eigenvalue weighted by atomic mass is 10.1. The standard InChI is InChI=1S/C14H20FN3O2/c1-17(16)10-14(19)11-2-3-13(15)12(8-11)9-18-4-6-20-7-5-18/h2-3,8H,4-7,9-10,16H2,1H3. The van der Waals surface area contributed by atoms with Gasteiger partial charge in [-0.2, -0.15) is 0 Å². The number of nitrogens with two attached hydrogens (primary N) is 1. The first-order chi connectivity index (χ1) is 9.56. The van der Waals surface area contributed by atoms with Crippen LogP contribution in [-0.2, 0) is 11.3 Å². The van der Waals surface area contributed by atoms with Gasteiger partial charge in [-0.1, -0.05) is 0 Å². The lowest BCUT2D eigenvalue weighted by molar-refractivity contribution is 0.0337. The van der Waals surface area contributed by atoms with E-state index in [1.54, 1.807) is 13.1 Å². The zero-order valence-electron chi connectivity index (χ0n) is 11.6. The minimum Gasteiger partial charge on any atom is -0.379 e. The SMILES string of the molecule is CN(N)CC(=O)c1ccc(F)c(CN2CCOCC2)c1. The highest BCUT2D eigenvalue weighted by Gasteiger charge is 2.15. The van der Waals surface area contributed by atoms with Gasteiger partial charge in [0, 0.05) is 37.8 Å². The Hall–Kier alpha value is -1.34. The average Bonchev–Trinajstić information content (AvgIpc) is 2.41. The molecule has 0 atom stereocenters. The molecule has 0 unspecified atom stereocenters. The van der Waals surface area contributed by atoms with Crippen molar-refractivity contribution in [3.05, 3.63) is 35.1 Å². The van der Waals surface area contributed by atoms with Crippen LogP contribution in [0.3, 0.4) is 0 Å². The minimum atomic E-state index is -0.283. The number of rotatable bonds is 5. The molecule has 0 aliphatic carbocycles. The number of halogens is 1. The van der Waals surface area contributed by atoms with E-state index in [2.05, 4.69) is 4.90 Å². The van der Waals surface area contributed by atoms with Crippen molar-refractivity contribution in [2.75, 3.05) is 39.9 Å². The number of carbonyl (C=O) groups excluding carboxylic acids is 1. The molecule has 0 radical (unpaired) electrons. The first-order valence-electron chi connectivity index (χ1n) is 6.64. The van der Waals surface area contributed by atoms with Gasteiger partial charge in [-0.15, -0.1) is 0 Å². The third-order valence-electron chi connectivity index (χ3n) is 3.26. The second-order valence-corrected chi connectivity index (χ2v) is 5.03. The molecule has 1 aliphatic rings. The molecule has 2 N–H and O–H groups in total. The molecule has 0 spiro atoms. The Morgan fingerprint density at radius 1 is 1.45 bits per heavy atom. The maximum atomic E-state index is 13.8. The molecule has 1 fully saturated rings. The van der Waals surface area contributed by atoms with Crippen molar-refractivity contribution in [1.29, 1.82) is 0 Å². The van der Waals surface area contributed by atoms with E-state index in [0.717, 1.165) is 13.1 Å². The molecule has 6 heteroatoms. The molecule has 1 aliphatic heterocycles. The summed E-state index contributed by atoms with van der Waals surface area (Å²) in [6, 6.07) is 4.47. The van der Waals surface area contributed by atoms with Crippen LogP contribution in [0.15, 0.2) is 18.2 Å². The maximum absolute atomic E-state index is 13.8. The van der Waals surface area contributed by atoms with Crippen LogP contribution < -0.4 is 5.84 Å². The van der Waals surface area contributed by atoms with Crippen LogP contribution in [0.1, 0.15) is 15.9 Å². The molecule has 0 aromatic heterocycles. The topological polar surface area (TPSA) is 58.8 Å². The van der Waals surface area contributed by atoms with Crippen LogP contribution in [-0.4, -0.2) is 55.6 Å². The monoisotopic (exact) mass is 281 g/mol. The molecule has 20 heavy (non-hydrogen) atoms. The number of carbonyl (C=O) groups is 1. The van der Waals surface area contributed by atoms with Gasteiger partial charge in [-0.3, -0.25) is 15.5 Å². The predicted octanol–water partition coefficient (Wildman–Crippen LogP) is 0.646. The van der Waals surface area contributed by atoms with Crippen molar-refractivity contribution >= 4 is 5.78 Å². The Bertz CT molecular complexity index is 473. The van der Waals surface area contributed by atoms with Crippen molar-refractivity contribution in [2.45, 2.75) is 6.54 Å². The molecule has 1 aromatic carbocycles. The first kappa shape index (κ1) is 15.1. The summed E-state index contributed by atoms with van der Waals surface area (Å²) in [6.07, 6.45) is 0. The number of hydrogen-bond acceptors (Lipinski definition) is 5. The van der Waals surface area contributed by atoms with Crippen LogP contribution in [0.2, 0.25) is 0 Å². The predicted molar refractivity (Wildman–Crippen MR) is 73.6 cm³/mol. The van der Waals surface area contributed by atoms with Crippen molar-refractivity contribution in [1.82, 2.24) is 9.91 Å². The summed E-state index contributed by atoms with van der Waals surface area (Å²) in [6.45, 7) is 3.50. The fraction of sp³-hybridized carbons (Fsp3) is 0.500. The summed E-state index contributed by atoms with van der Waals surface area (Å²) in [5.41, 5.74) is 1.03. The van der Waals surface area contributed by atoms with Gasteiger partial charge in [0.1, 0.15) is 5.82 Å². The smallest absolute Gasteiger partial charge is 0.178 e. The molecular weight excluding hydrogens is 261 g/mol.